The number of hydrogen-bond acceptors (Lipinski definition) is 4. The summed E-state index contributed by atoms with van der Waals surface area (Å²) in [5.41, 5.74) is 0. The van der Waals surface area contributed by atoms with Crippen molar-refractivity contribution in [1.82, 2.24) is 9.80 Å². The summed E-state index contributed by atoms with van der Waals surface area (Å²) < 4.78 is 17.8. The van der Waals surface area contributed by atoms with Gasteiger partial charge in [-0.3, -0.25) is 0 Å². The molecular formula is C29H70N2O8P2. The third-order valence-corrected chi connectivity index (χ3v) is 6.57. The molecule has 0 bridgehead atoms. The van der Waals surface area contributed by atoms with Crippen LogP contribution in [0.4, 0.5) is 0 Å². The predicted molar refractivity (Wildman–Crippen MR) is 174 cm³/mol. The molecule has 0 aliphatic carbocycles. The average Bonchev–Trinajstić information content (AvgIpc) is 2.82. The number of hydrogen-bond donors (Lipinski definition) is 6. The van der Waals surface area contributed by atoms with Crippen LogP contribution in [0.3, 0.4) is 0 Å². The van der Waals surface area contributed by atoms with Gasteiger partial charge in [0.05, 0.1) is 0 Å². The van der Waals surface area contributed by atoms with Gasteiger partial charge in [0, 0.05) is 6.04 Å². The zero-order valence-electron chi connectivity index (χ0n) is 27.7. The van der Waals surface area contributed by atoms with Crippen LogP contribution < -0.4 is 0 Å². The Morgan fingerprint density at radius 2 is 0.732 bits per heavy atom. The normalized spacial score (nSPS) is 12.2. The fourth-order valence-corrected chi connectivity index (χ4v) is 3.92. The van der Waals surface area contributed by atoms with Crippen molar-refractivity contribution >= 4 is 15.6 Å². The number of unbranched alkanes of at least 4 members (excludes halogenated alkanes) is 17. The van der Waals surface area contributed by atoms with Crippen molar-refractivity contribution in [3.63, 3.8) is 0 Å². The van der Waals surface area contributed by atoms with E-state index >= 15 is 0 Å². The predicted octanol–water partition coefficient (Wildman–Crippen LogP) is 7.47. The van der Waals surface area contributed by atoms with Gasteiger partial charge in [-0.1, -0.05) is 129 Å². The van der Waals surface area contributed by atoms with Gasteiger partial charge in [-0.15, -0.1) is 0 Å². The number of nitrogens with zero attached hydrogens (tertiary/aromatic N) is 2. The van der Waals surface area contributed by atoms with Crippen LogP contribution in [0.15, 0.2) is 0 Å². The molecule has 0 aromatic rings. The third-order valence-electron chi connectivity index (χ3n) is 6.57. The molecule has 1 atom stereocenters. The van der Waals surface area contributed by atoms with Crippen molar-refractivity contribution in [1.29, 1.82) is 0 Å². The molecule has 0 amide bonds. The minimum atomic E-state index is -4.64. The second kappa shape index (κ2) is 34.6. The van der Waals surface area contributed by atoms with Gasteiger partial charge in [-0.05, 0) is 54.5 Å². The van der Waals surface area contributed by atoms with E-state index < -0.39 is 15.6 Å². The summed E-state index contributed by atoms with van der Waals surface area (Å²) in [6.07, 6.45) is 28.6. The molecule has 0 saturated heterocycles. The van der Waals surface area contributed by atoms with Gasteiger partial charge in [0.25, 0.3) is 0 Å². The van der Waals surface area contributed by atoms with Gasteiger partial charge in [-0.25, -0.2) is 9.13 Å². The van der Waals surface area contributed by atoms with E-state index in [4.69, 9.17) is 38.5 Å². The molecular weight excluding hydrogens is 566 g/mol. The number of phosphoric acid groups is 2. The largest absolute Gasteiger partial charge is 0.466 e. The summed E-state index contributed by atoms with van der Waals surface area (Å²) >= 11 is 0. The zero-order valence-corrected chi connectivity index (χ0v) is 29.5. The summed E-state index contributed by atoms with van der Waals surface area (Å²) in [4.78, 5) is 47.7. The SMILES string of the molecule is CCCCCCCCCCCC(C)N(C)C.CCCCCCCCCCCCN(C)C.O=P(O)(O)O.O=P(O)(O)O. The van der Waals surface area contributed by atoms with E-state index in [1.165, 1.54) is 135 Å². The highest BCUT2D eigenvalue weighted by atomic mass is 31.2. The van der Waals surface area contributed by atoms with E-state index in [1.807, 2.05) is 0 Å². The summed E-state index contributed by atoms with van der Waals surface area (Å²) in [6.45, 7) is 8.15. The standard InChI is InChI=1S/C15H33N.C14H31N.2H3O4P/c1-5-6-7-8-9-10-11-12-13-14-15(2)16(3)4;1-4-5-6-7-8-9-10-11-12-13-14-15(2)3;2*1-5(2,3)4/h15H,5-14H2,1-4H3;4-14H2,1-3H3;2*(H3,1,2,3,4). The van der Waals surface area contributed by atoms with Crippen molar-refractivity contribution in [2.24, 2.45) is 0 Å². The van der Waals surface area contributed by atoms with E-state index in [2.05, 4.69) is 58.8 Å². The lowest BCUT2D eigenvalue weighted by molar-refractivity contribution is 0.272. The first-order valence-electron chi connectivity index (χ1n) is 15.8. The molecule has 0 aromatic heterocycles. The molecule has 0 saturated carbocycles. The van der Waals surface area contributed by atoms with Gasteiger partial charge < -0.3 is 39.2 Å². The Hall–Kier alpha value is 0.140. The van der Waals surface area contributed by atoms with E-state index in [9.17, 15) is 0 Å². The van der Waals surface area contributed by atoms with Crippen LogP contribution in [-0.4, -0.2) is 79.9 Å². The minimum absolute atomic E-state index is 0.754. The first-order valence-corrected chi connectivity index (χ1v) is 19.0. The van der Waals surface area contributed by atoms with Crippen molar-refractivity contribution in [3.8, 4) is 0 Å². The maximum atomic E-state index is 8.88. The van der Waals surface area contributed by atoms with Crippen molar-refractivity contribution in [2.45, 2.75) is 155 Å². The molecule has 12 heteroatoms. The van der Waals surface area contributed by atoms with E-state index in [0.717, 1.165) is 6.04 Å². The molecule has 0 aliphatic heterocycles. The quantitative estimate of drug-likeness (QED) is 0.0519. The Kier molecular flexibility index (Phi) is 40.6. The molecule has 0 spiro atoms. The molecule has 0 fully saturated rings. The minimum Gasteiger partial charge on any atom is -0.309 e. The summed E-state index contributed by atoms with van der Waals surface area (Å²) in [5, 5.41) is 0. The van der Waals surface area contributed by atoms with Gasteiger partial charge >= 0.3 is 15.6 Å². The molecule has 0 radical (unpaired) electrons. The lowest BCUT2D eigenvalue weighted by Gasteiger charge is -2.19. The Labute approximate surface area is 253 Å². The smallest absolute Gasteiger partial charge is 0.309 e. The monoisotopic (exact) mass is 636 g/mol. The van der Waals surface area contributed by atoms with E-state index in [1.54, 1.807) is 0 Å². The van der Waals surface area contributed by atoms with Crippen LogP contribution >= 0.6 is 15.6 Å². The lowest BCUT2D eigenvalue weighted by atomic mass is 10.0. The molecule has 41 heavy (non-hydrogen) atoms. The van der Waals surface area contributed by atoms with E-state index in [0.29, 0.717) is 0 Å². The number of rotatable bonds is 22. The fourth-order valence-electron chi connectivity index (χ4n) is 3.92. The molecule has 0 aromatic carbocycles. The molecule has 1 unspecified atom stereocenters. The van der Waals surface area contributed by atoms with Crippen LogP contribution in [0.5, 0.6) is 0 Å². The summed E-state index contributed by atoms with van der Waals surface area (Å²) in [6, 6.07) is 0.754. The molecule has 0 rings (SSSR count). The maximum absolute atomic E-state index is 8.88. The van der Waals surface area contributed by atoms with Crippen LogP contribution in [0.1, 0.15) is 149 Å². The highest BCUT2D eigenvalue weighted by Gasteiger charge is 2.03. The highest BCUT2D eigenvalue weighted by molar-refractivity contribution is 7.45. The third kappa shape index (κ3) is 79.3. The molecule has 10 nitrogen and oxygen atoms in total. The second-order valence-electron chi connectivity index (χ2n) is 11.4. The van der Waals surface area contributed by atoms with Gasteiger partial charge in [0.2, 0.25) is 0 Å². The Bertz CT molecular complexity index is 551. The zero-order chi connectivity index (χ0) is 32.6. The van der Waals surface area contributed by atoms with Gasteiger partial charge in [0.1, 0.15) is 0 Å². The van der Waals surface area contributed by atoms with Crippen LogP contribution in [0.2, 0.25) is 0 Å². The van der Waals surface area contributed by atoms with Crippen molar-refractivity contribution in [3.05, 3.63) is 0 Å². The fraction of sp³-hybridized carbons (Fsp3) is 1.00. The van der Waals surface area contributed by atoms with Crippen LogP contribution in [0.25, 0.3) is 0 Å². The Balaban J connectivity index is -0.000000252. The topological polar surface area (TPSA) is 162 Å². The molecule has 6 N–H and O–H groups in total. The van der Waals surface area contributed by atoms with Crippen LogP contribution in [0, 0.1) is 0 Å². The Morgan fingerprint density at radius 3 is 0.976 bits per heavy atom. The summed E-state index contributed by atoms with van der Waals surface area (Å²) in [5.74, 6) is 0. The molecule has 254 valence electrons. The molecule has 0 heterocycles. The van der Waals surface area contributed by atoms with Crippen molar-refractivity contribution in [2.75, 3.05) is 34.7 Å². The van der Waals surface area contributed by atoms with Crippen molar-refractivity contribution < 1.29 is 38.5 Å². The van der Waals surface area contributed by atoms with Gasteiger partial charge in [0.15, 0.2) is 0 Å². The lowest BCUT2D eigenvalue weighted by Crippen LogP contribution is -2.24. The summed E-state index contributed by atoms with van der Waals surface area (Å²) in [7, 11) is -0.599. The van der Waals surface area contributed by atoms with E-state index in [-0.39, 0.29) is 0 Å². The first-order chi connectivity index (χ1) is 19.0. The Morgan fingerprint density at radius 1 is 0.488 bits per heavy atom. The van der Waals surface area contributed by atoms with Gasteiger partial charge in [-0.2, -0.15) is 0 Å². The molecule has 0 aliphatic rings. The van der Waals surface area contributed by atoms with Crippen LogP contribution in [-0.2, 0) is 9.13 Å². The second-order valence-corrected chi connectivity index (χ2v) is 13.5. The first kappa shape index (κ1) is 48.1. The highest BCUT2D eigenvalue weighted by Crippen LogP contribution is 2.26. The maximum Gasteiger partial charge on any atom is 0.466 e. The average molecular weight is 637 g/mol.